The lowest BCUT2D eigenvalue weighted by molar-refractivity contribution is 0.0894. The molecule has 2 amide bonds. The Morgan fingerprint density at radius 3 is 3.05 bits per heavy atom. The van der Waals surface area contributed by atoms with Crippen molar-refractivity contribution in [1.29, 1.82) is 5.26 Å². The molecule has 0 aliphatic carbocycles. The van der Waals surface area contributed by atoms with Gasteiger partial charge in [-0.1, -0.05) is 0 Å². The van der Waals surface area contributed by atoms with Crippen LogP contribution in [0.25, 0.3) is 0 Å². The summed E-state index contributed by atoms with van der Waals surface area (Å²) in [6.07, 6.45) is 2.12. The Balaban J connectivity index is 2.04. The van der Waals surface area contributed by atoms with E-state index in [0.717, 1.165) is 19.4 Å². The van der Waals surface area contributed by atoms with Gasteiger partial charge in [0.25, 0.3) is 0 Å². The first kappa shape index (κ1) is 16.1. The van der Waals surface area contributed by atoms with E-state index in [2.05, 4.69) is 11.4 Å². The Morgan fingerprint density at radius 1 is 1.59 bits per heavy atom. The molecule has 2 rings (SSSR count). The lowest BCUT2D eigenvalue weighted by atomic mass is 10.2. The molecule has 1 saturated heterocycles. The van der Waals surface area contributed by atoms with E-state index in [-0.39, 0.29) is 12.1 Å². The van der Waals surface area contributed by atoms with Crippen molar-refractivity contribution >= 4 is 11.7 Å². The van der Waals surface area contributed by atoms with Crippen LogP contribution < -0.4 is 10.1 Å². The standard InChI is InChI=1S/C16H21N3O3/c1-3-21-15-7-6-12(10-17)9-14(15)18-16(20)19(2)11-13-5-4-8-22-13/h6-7,9,13H,3-5,8,11H2,1-2H3,(H,18,20). The van der Waals surface area contributed by atoms with Crippen molar-refractivity contribution in [2.24, 2.45) is 0 Å². The average Bonchev–Trinajstić information content (AvgIpc) is 3.02. The zero-order valence-electron chi connectivity index (χ0n) is 13.0. The van der Waals surface area contributed by atoms with E-state index >= 15 is 0 Å². The van der Waals surface area contributed by atoms with Crippen molar-refractivity contribution in [3.8, 4) is 11.8 Å². The molecule has 118 valence electrons. The summed E-state index contributed by atoms with van der Waals surface area (Å²) < 4.78 is 11.0. The summed E-state index contributed by atoms with van der Waals surface area (Å²) in [4.78, 5) is 13.9. The van der Waals surface area contributed by atoms with Gasteiger partial charge >= 0.3 is 6.03 Å². The van der Waals surface area contributed by atoms with E-state index in [4.69, 9.17) is 14.7 Å². The summed E-state index contributed by atoms with van der Waals surface area (Å²) in [7, 11) is 1.73. The van der Waals surface area contributed by atoms with Crippen LogP contribution in [0.4, 0.5) is 10.5 Å². The summed E-state index contributed by atoms with van der Waals surface area (Å²) in [5.74, 6) is 0.556. The molecule has 1 heterocycles. The molecule has 0 spiro atoms. The maximum atomic E-state index is 12.3. The van der Waals surface area contributed by atoms with Gasteiger partial charge in [-0.15, -0.1) is 0 Å². The van der Waals surface area contributed by atoms with Crippen molar-refractivity contribution < 1.29 is 14.3 Å². The SMILES string of the molecule is CCOc1ccc(C#N)cc1NC(=O)N(C)CC1CCCO1. The Bertz CT molecular complexity index is 562. The highest BCUT2D eigenvalue weighted by atomic mass is 16.5. The predicted molar refractivity (Wildman–Crippen MR) is 82.9 cm³/mol. The van der Waals surface area contributed by atoms with E-state index in [9.17, 15) is 4.79 Å². The van der Waals surface area contributed by atoms with E-state index in [0.29, 0.717) is 30.2 Å². The molecule has 1 aromatic rings. The maximum Gasteiger partial charge on any atom is 0.321 e. The van der Waals surface area contributed by atoms with Crippen molar-refractivity contribution in [3.05, 3.63) is 23.8 Å². The van der Waals surface area contributed by atoms with Crippen LogP contribution in [0.3, 0.4) is 0 Å². The molecule has 6 heteroatoms. The molecule has 0 bridgehead atoms. The number of hydrogen-bond acceptors (Lipinski definition) is 4. The first-order valence-electron chi connectivity index (χ1n) is 7.44. The van der Waals surface area contributed by atoms with Gasteiger partial charge < -0.3 is 19.7 Å². The van der Waals surface area contributed by atoms with Gasteiger partial charge in [0.15, 0.2) is 0 Å². The van der Waals surface area contributed by atoms with E-state index in [1.807, 2.05) is 6.92 Å². The molecule has 1 atom stereocenters. The fraction of sp³-hybridized carbons (Fsp3) is 0.500. The zero-order valence-corrected chi connectivity index (χ0v) is 13.0. The molecular weight excluding hydrogens is 282 g/mol. The molecule has 1 fully saturated rings. The third kappa shape index (κ3) is 4.12. The average molecular weight is 303 g/mol. The second kappa shape index (κ2) is 7.66. The number of hydrogen-bond donors (Lipinski definition) is 1. The number of rotatable bonds is 5. The predicted octanol–water partition coefficient (Wildman–Crippen LogP) is 2.60. The minimum Gasteiger partial charge on any atom is -0.492 e. The van der Waals surface area contributed by atoms with Crippen molar-refractivity contribution in [3.63, 3.8) is 0 Å². The van der Waals surface area contributed by atoms with Crippen LogP contribution in [0, 0.1) is 11.3 Å². The van der Waals surface area contributed by atoms with E-state index < -0.39 is 0 Å². The normalized spacial score (nSPS) is 16.9. The zero-order chi connectivity index (χ0) is 15.9. The van der Waals surface area contributed by atoms with Crippen molar-refractivity contribution in [2.75, 3.05) is 32.1 Å². The Morgan fingerprint density at radius 2 is 2.41 bits per heavy atom. The first-order chi connectivity index (χ1) is 10.6. The first-order valence-corrected chi connectivity index (χ1v) is 7.44. The van der Waals surface area contributed by atoms with Crippen LogP contribution in [0.1, 0.15) is 25.3 Å². The largest absolute Gasteiger partial charge is 0.492 e. The summed E-state index contributed by atoms with van der Waals surface area (Å²) in [5, 5.41) is 11.8. The topological polar surface area (TPSA) is 74.6 Å². The number of carbonyl (C=O) groups is 1. The minimum atomic E-state index is -0.244. The van der Waals surface area contributed by atoms with E-state index in [1.165, 1.54) is 0 Å². The lowest BCUT2D eigenvalue weighted by Crippen LogP contribution is -2.37. The molecule has 22 heavy (non-hydrogen) atoms. The highest BCUT2D eigenvalue weighted by Gasteiger charge is 2.20. The number of urea groups is 1. The highest BCUT2D eigenvalue weighted by molar-refractivity contribution is 5.91. The van der Waals surface area contributed by atoms with Crippen LogP contribution in [-0.4, -0.2) is 43.8 Å². The second-order valence-corrected chi connectivity index (χ2v) is 5.20. The van der Waals surface area contributed by atoms with Gasteiger partial charge in [0.2, 0.25) is 0 Å². The van der Waals surface area contributed by atoms with Gasteiger partial charge in [0.1, 0.15) is 5.75 Å². The number of nitriles is 1. The van der Waals surface area contributed by atoms with Crippen molar-refractivity contribution in [2.45, 2.75) is 25.9 Å². The second-order valence-electron chi connectivity index (χ2n) is 5.20. The number of benzene rings is 1. The summed E-state index contributed by atoms with van der Waals surface area (Å²) >= 11 is 0. The summed E-state index contributed by atoms with van der Waals surface area (Å²) in [6, 6.07) is 6.78. The monoisotopic (exact) mass is 303 g/mol. The molecule has 1 aliphatic heterocycles. The van der Waals surface area contributed by atoms with Gasteiger partial charge in [-0.3, -0.25) is 0 Å². The molecule has 0 radical (unpaired) electrons. The smallest absolute Gasteiger partial charge is 0.321 e. The Hall–Kier alpha value is -2.26. The molecular formula is C16H21N3O3. The number of nitrogens with one attached hydrogen (secondary N) is 1. The fourth-order valence-corrected chi connectivity index (χ4v) is 2.37. The molecule has 1 unspecified atom stereocenters. The van der Waals surface area contributed by atoms with Gasteiger partial charge in [-0.05, 0) is 38.0 Å². The molecule has 1 aromatic carbocycles. The van der Waals surface area contributed by atoms with Gasteiger partial charge in [0.05, 0.1) is 30.0 Å². The molecule has 0 saturated carbocycles. The van der Waals surface area contributed by atoms with Crippen molar-refractivity contribution in [1.82, 2.24) is 4.90 Å². The van der Waals surface area contributed by atoms with Crippen LogP contribution in [-0.2, 0) is 4.74 Å². The van der Waals surface area contributed by atoms with Gasteiger partial charge in [-0.25, -0.2) is 4.79 Å². The van der Waals surface area contributed by atoms with Gasteiger partial charge in [-0.2, -0.15) is 5.26 Å². The maximum absolute atomic E-state index is 12.3. The Labute approximate surface area is 130 Å². The van der Waals surface area contributed by atoms with Crippen LogP contribution >= 0.6 is 0 Å². The number of nitrogens with zero attached hydrogens (tertiary/aromatic N) is 2. The highest BCUT2D eigenvalue weighted by Crippen LogP contribution is 2.26. The number of amides is 2. The van der Waals surface area contributed by atoms with Crippen LogP contribution in [0.15, 0.2) is 18.2 Å². The summed E-state index contributed by atoms with van der Waals surface area (Å²) in [5.41, 5.74) is 0.977. The van der Waals surface area contributed by atoms with Gasteiger partial charge in [0, 0.05) is 20.2 Å². The van der Waals surface area contributed by atoms with Crippen LogP contribution in [0.5, 0.6) is 5.75 Å². The molecule has 6 nitrogen and oxygen atoms in total. The molecule has 1 aliphatic rings. The van der Waals surface area contributed by atoms with Crippen LogP contribution in [0.2, 0.25) is 0 Å². The lowest BCUT2D eigenvalue weighted by Gasteiger charge is -2.22. The summed E-state index contributed by atoms with van der Waals surface area (Å²) in [6.45, 7) is 3.67. The third-order valence-corrected chi connectivity index (χ3v) is 3.50. The minimum absolute atomic E-state index is 0.104. The molecule has 0 aromatic heterocycles. The number of ether oxygens (including phenoxy) is 2. The number of anilines is 1. The third-order valence-electron chi connectivity index (χ3n) is 3.50. The van der Waals surface area contributed by atoms with E-state index in [1.54, 1.807) is 30.1 Å². The quantitative estimate of drug-likeness (QED) is 0.907. The number of carbonyl (C=O) groups excluding carboxylic acids is 1. The number of likely N-dealkylation sites (N-methyl/N-ethyl adjacent to an activating group) is 1. The fourth-order valence-electron chi connectivity index (χ4n) is 2.37. The molecule has 1 N–H and O–H groups in total. The Kier molecular flexibility index (Phi) is 5.61.